The lowest BCUT2D eigenvalue weighted by atomic mass is 10.2. The Hall–Kier alpha value is -2.49. The predicted molar refractivity (Wildman–Crippen MR) is 88.5 cm³/mol. The number of nitrogens with one attached hydrogen (secondary N) is 1. The zero-order valence-corrected chi connectivity index (χ0v) is 14.7. The second-order valence-corrected chi connectivity index (χ2v) is 7.22. The average Bonchev–Trinajstić information content (AvgIpc) is 3.03. The summed E-state index contributed by atoms with van der Waals surface area (Å²) in [5, 5.41) is 21.8. The minimum absolute atomic E-state index is 0.0989. The summed E-state index contributed by atoms with van der Waals surface area (Å²) in [5.74, 6) is -1.85. The number of carboxylic acids is 1. The van der Waals surface area contributed by atoms with E-state index in [0.29, 0.717) is 12.8 Å². The van der Waals surface area contributed by atoms with Crippen molar-refractivity contribution >= 4 is 25.3 Å². The second kappa shape index (κ2) is 7.81. The number of rotatable bonds is 7. The first-order valence-electron chi connectivity index (χ1n) is 7.68. The summed E-state index contributed by atoms with van der Waals surface area (Å²) in [4.78, 5) is 44.5. The van der Waals surface area contributed by atoms with Crippen molar-refractivity contribution < 1.29 is 33.6 Å². The summed E-state index contributed by atoms with van der Waals surface area (Å²) in [5.41, 5.74) is -0.213. The quantitative estimate of drug-likeness (QED) is 0.354. The number of carbonyl (C=O) groups excluding carboxylic acids is 1. The van der Waals surface area contributed by atoms with Crippen LogP contribution in [0, 0.1) is 10.1 Å². The Morgan fingerprint density at radius 2 is 2.04 bits per heavy atom. The van der Waals surface area contributed by atoms with E-state index in [1.165, 1.54) is 6.92 Å². The lowest BCUT2D eigenvalue weighted by Crippen LogP contribution is -2.48. The van der Waals surface area contributed by atoms with E-state index in [4.69, 9.17) is 9.63 Å². The van der Waals surface area contributed by atoms with Crippen molar-refractivity contribution in [1.29, 1.82) is 0 Å². The van der Waals surface area contributed by atoms with E-state index in [1.54, 1.807) is 0 Å². The van der Waals surface area contributed by atoms with E-state index in [0.717, 1.165) is 29.2 Å². The number of likely N-dealkylation sites (tertiary alicyclic amines) is 1. The van der Waals surface area contributed by atoms with Gasteiger partial charge in [0.1, 0.15) is 11.8 Å². The van der Waals surface area contributed by atoms with E-state index < -0.39 is 36.6 Å². The van der Waals surface area contributed by atoms with Gasteiger partial charge in [0.05, 0.1) is 11.0 Å². The van der Waals surface area contributed by atoms with Crippen molar-refractivity contribution in [1.82, 2.24) is 9.99 Å². The number of nitrogens with zero attached hydrogens (tertiary/aromatic N) is 2. The lowest BCUT2D eigenvalue weighted by molar-refractivity contribution is -0.384. The highest BCUT2D eigenvalue weighted by Gasteiger charge is 2.38. The number of aliphatic carboxylic acids is 1. The van der Waals surface area contributed by atoms with Crippen molar-refractivity contribution in [3.63, 3.8) is 0 Å². The van der Waals surface area contributed by atoms with Gasteiger partial charge < -0.3 is 19.4 Å². The van der Waals surface area contributed by atoms with Crippen LogP contribution in [0.4, 0.5) is 5.69 Å². The summed E-state index contributed by atoms with van der Waals surface area (Å²) < 4.78 is 17.0. The molecular weight excluding hydrogens is 369 g/mol. The van der Waals surface area contributed by atoms with Crippen LogP contribution in [0.5, 0.6) is 5.75 Å². The van der Waals surface area contributed by atoms with Gasteiger partial charge in [-0.05, 0) is 31.9 Å². The number of carboxylic acid groups (broad SMARTS) is 1. The molecule has 3 atom stereocenters. The predicted octanol–water partition coefficient (Wildman–Crippen LogP) is 1.13. The van der Waals surface area contributed by atoms with Crippen LogP contribution in [0.3, 0.4) is 0 Å². The van der Waals surface area contributed by atoms with Crippen LogP contribution in [-0.4, -0.2) is 50.3 Å². The molecule has 1 saturated heterocycles. The number of hydrogen-bond acceptors (Lipinski definition) is 6. The number of non-ortho nitro benzene ring substituents is 1. The molecule has 0 spiro atoms. The maximum atomic E-state index is 12.3. The standard InChI is InChI=1S/C14H18N3O8P/c1-9(13(18)16-8-2-3-12(16)14(19)20)15-26(23,24)25-11-6-4-10(5-7-11)17(21)22/h4-7,9,12H,2-3,8H2,1H3,(H,19,20)(H2,15,23,24)/t9-,12-/m0/s1. The maximum Gasteiger partial charge on any atom is 0.456 e. The molecule has 3 N–H and O–H groups in total. The van der Waals surface area contributed by atoms with Crippen LogP contribution < -0.4 is 9.61 Å². The van der Waals surface area contributed by atoms with Gasteiger partial charge in [-0.3, -0.25) is 14.9 Å². The van der Waals surface area contributed by atoms with Crippen LogP contribution in [0.15, 0.2) is 24.3 Å². The number of benzene rings is 1. The molecule has 1 unspecified atom stereocenters. The van der Waals surface area contributed by atoms with Gasteiger partial charge >= 0.3 is 13.7 Å². The molecule has 0 aromatic heterocycles. The van der Waals surface area contributed by atoms with Crippen molar-refractivity contribution in [2.24, 2.45) is 0 Å². The van der Waals surface area contributed by atoms with Gasteiger partial charge in [-0.1, -0.05) is 0 Å². The summed E-state index contributed by atoms with van der Waals surface area (Å²) in [6.45, 7) is 1.57. The molecule has 0 aliphatic carbocycles. The molecule has 1 fully saturated rings. The molecule has 1 aromatic rings. The van der Waals surface area contributed by atoms with Crippen LogP contribution in [-0.2, 0) is 14.2 Å². The first kappa shape index (κ1) is 19.8. The molecule has 0 bridgehead atoms. The van der Waals surface area contributed by atoms with Gasteiger partial charge in [0.25, 0.3) is 5.69 Å². The van der Waals surface area contributed by atoms with Crippen LogP contribution >= 0.6 is 7.75 Å². The minimum Gasteiger partial charge on any atom is -0.480 e. The van der Waals surface area contributed by atoms with Crippen molar-refractivity contribution in [2.45, 2.75) is 31.8 Å². The minimum atomic E-state index is -4.46. The fraction of sp³-hybridized carbons (Fsp3) is 0.429. The summed E-state index contributed by atoms with van der Waals surface area (Å²) in [7, 11) is -4.46. The van der Waals surface area contributed by atoms with Crippen molar-refractivity contribution in [3.8, 4) is 5.75 Å². The Morgan fingerprint density at radius 3 is 2.58 bits per heavy atom. The van der Waals surface area contributed by atoms with Crippen LogP contribution in [0.1, 0.15) is 19.8 Å². The lowest BCUT2D eigenvalue weighted by Gasteiger charge is -2.26. The first-order valence-corrected chi connectivity index (χ1v) is 9.26. The Labute approximate surface area is 148 Å². The van der Waals surface area contributed by atoms with E-state index >= 15 is 0 Å². The Bertz CT molecular complexity index is 753. The SMILES string of the molecule is C[C@H](NP(=O)(O)Oc1ccc([N+](=O)[O-])cc1)C(=O)N1CCC[C@H]1C(=O)O. The summed E-state index contributed by atoms with van der Waals surface area (Å²) >= 11 is 0. The molecule has 26 heavy (non-hydrogen) atoms. The normalized spacial score (nSPS) is 20.2. The number of nitro benzene ring substituents is 1. The van der Waals surface area contributed by atoms with Gasteiger partial charge in [-0.2, -0.15) is 5.09 Å². The van der Waals surface area contributed by atoms with Gasteiger partial charge in [0, 0.05) is 18.7 Å². The smallest absolute Gasteiger partial charge is 0.456 e. The van der Waals surface area contributed by atoms with Crippen LogP contribution in [0.25, 0.3) is 0 Å². The number of nitro groups is 1. The fourth-order valence-electron chi connectivity index (χ4n) is 2.63. The van der Waals surface area contributed by atoms with Gasteiger partial charge in [0.2, 0.25) is 5.91 Å². The molecule has 0 radical (unpaired) electrons. The van der Waals surface area contributed by atoms with Gasteiger partial charge in [-0.15, -0.1) is 0 Å². The third kappa shape index (κ3) is 4.78. The molecular formula is C14H18N3O8P. The number of hydrogen-bond donors (Lipinski definition) is 3. The first-order chi connectivity index (χ1) is 12.1. The Kier molecular flexibility index (Phi) is 5.96. The highest BCUT2D eigenvalue weighted by atomic mass is 31.2. The van der Waals surface area contributed by atoms with E-state index in [-0.39, 0.29) is 18.0 Å². The molecule has 1 heterocycles. The maximum absolute atomic E-state index is 12.3. The molecule has 1 aliphatic heterocycles. The monoisotopic (exact) mass is 387 g/mol. The molecule has 1 aromatic carbocycles. The molecule has 0 saturated carbocycles. The number of amides is 1. The highest BCUT2D eigenvalue weighted by molar-refractivity contribution is 7.51. The third-order valence-corrected chi connectivity index (χ3v) is 5.00. The Balaban J connectivity index is 2.01. The summed E-state index contributed by atoms with van der Waals surface area (Å²) in [6.07, 6.45) is 0.857. The fourth-order valence-corrected chi connectivity index (χ4v) is 3.69. The zero-order valence-electron chi connectivity index (χ0n) is 13.8. The van der Waals surface area contributed by atoms with Gasteiger partial charge in [-0.25, -0.2) is 9.36 Å². The average molecular weight is 387 g/mol. The molecule has 1 aliphatic rings. The topological polar surface area (TPSA) is 159 Å². The van der Waals surface area contributed by atoms with Gasteiger partial charge in [0.15, 0.2) is 0 Å². The molecule has 142 valence electrons. The molecule has 11 nitrogen and oxygen atoms in total. The second-order valence-electron chi connectivity index (χ2n) is 5.74. The molecule has 2 rings (SSSR count). The molecule has 1 amide bonds. The third-order valence-electron chi connectivity index (χ3n) is 3.82. The van der Waals surface area contributed by atoms with Crippen molar-refractivity contribution in [2.75, 3.05) is 6.54 Å². The van der Waals surface area contributed by atoms with Crippen LogP contribution in [0.2, 0.25) is 0 Å². The van der Waals surface area contributed by atoms with E-state index in [9.17, 15) is 29.2 Å². The summed E-state index contributed by atoms with van der Waals surface area (Å²) in [6, 6.07) is 2.38. The number of carbonyl (C=O) groups is 2. The van der Waals surface area contributed by atoms with E-state index in [1.807, 2.05) is 0 Å². The molecule has 12 heteroatoms. The zero-order chi connectivity index (χ0) is 19.5. The highest BCUT2D eigenvalue weighted by Crippen LogP contribution is 2.39. The van der Waals surface area contributed by atoms with Crippen molar-refractivity contribution in [3.05, 3.63) is 34.4 Å². The largest absolute Gasteiger partial charge is 0.480 e. The Morgan fingerprint density at radius 1 is 1.42 bits per heavy atom. The van der Waals surface area contributed by atoms with E-state index in [2.05, 4.69) is 5.09 Å².